The first-order valence-electron chi connectivity index (χ1n) is 7.54. The fourth-order valence-electron chi connectivity index (χ4n) is 3.43. The lowest BCUT2D eigenvalue weighted by Gasteiger charge is -2.34. The molecule has 0 aromatic rings. The molecule has 0 bridgehead atoms. The number of rotatable bonds is 6. The maximum atomic E-state index is 11.6. The Morgan fingerprint density at radius 1 is 1.32 bits per heavy atom. The van der Waals surface area contributed by atoms with Crippen LogP contribution in [0.5, 0.6) is 0 Å². The molecular weight excluding hydrogens is 260 g/mol. The van der Waals surface area contributed by atoms with Gasteiger partial charge < -0.3 is 5.32 Å². The number of hydrogen-bond acceptors (Lipinski definition) is 3. The SMILES string of the molecule is CNC(CC1CCCN(S(C)(=O)=O)C1)C(C)C1CC1. The van der Waals surface area contributed by atoms with Crippen LogP contribution in [0.4, 0.5) is 0 Å². The van der Waals surface area contributed by atoms with Gasteiger partial charge in [0.05, 0.1) is 6.26 Å². The molecular formula is C14H28N2O2S. The molecule has 2 fully saturated rings. The van der Waals surface area contributed by atoms with E-state index >= 15 is 0 Å². The van der Waals surface area contributed by atoms with Crippen LogP contribution in [0, 0.1) is 17.8 Å². The Hall–Kier alpha value is -0.130. The summed E-state index contributed by atoms with van der Waals surface area (Å²) in [6.45, 7) is 3.77. The molecule has 1 saturated carbocycles. The van der Waals surface area contributed by atoms with Crippen molar-refractivity contribution in [1.29, 1.82) is 0 Å². The third kappa shape index (κ3) is 4.17. The summed E-state index contributed by atoms with van der Waals surface area (Å²) in [7, 11) is -0.970. The van der Waals surface area contributed by atoms with E-state index in [2.05, 4.69) is 12.2 Å². The Kier molecular flexibility index (Phi) is 4.90. The largest absolute Gasteiger partial charge is 0.317 e. The quantitative estimate of drug-likeness (QED) is 0.809. The van der Waals surface area contributed by atoms with Gasteiger partial charge in [0.25, 0.3) is 0 Å². The molecule has 0 aromatic heterocycles. The van der Waals surface area contributed by atoms with Crippen LogP contribution in [0.2, 0.25) is 0 Å². The third-order valence-electron chi connectivity index (χ3n) is 4.91. The van der Waals surface area contributed by atoms with E-state index in [1.165, 1.54) is 25.5 Å². The molecule has 0 spiro atoms. The first-order valence-corrected chi connectivity index (χ1v) is 9.39. The summed E-state index contributed by atoms with van der Waals surface area (Å²) < 4.78 is 25.0. The Bertz CT molecular complexity index is 392. The molecule has 1 saturated heterocycles. The van der Waals surface area contributed by atoms with Gasteiger partial charge in [-0.3, -0.25) is 0 Å². The molecule has 5 heteroatoms. The lowest BCUT2D eigenvalue weighted by Crippen LogP contribution is -2.43. The van der Waals surface area contributed by atoms with Gasteiger partial charge in [-0.05, 0) is 56.9 Å². The molecule has 1 aliphatic heterocycles. The van der Waals surface area contributed by atoms with E-state index in [9.17, 15) is 8.42 Å². The minimum Gasteiger partial charge on any atom is -0.317 e. The van der Waals surface area contributed by atoms with Gasteiger partial charge in [-0.15, -0.1) is 0 Å². The topological polar surface area (TPSA) is 49.4 Å². The summed E-state index contributed by atoms with van der Waals surface area (Å²) in [4.78, 5) is 0. The second-order valence-corrected chi connectivity index (χ2v) is 8.44. The highest BCUT2D eigenvalue weighted by molar-refractivity contribution is 7.88. The van der Waals surface area contributed by atoms with Gasteiger partial charge in [-0.2, -0.15) is 0 Å². The average molecular weight is 288 g/mol. The van der Waals surface area contributed by atoms with Gasteiger partial charge in [0.15, 0.2) is 0 Å². The highest BCUT2D eigenvalue weighted by Crippen LogP contribution is 2.39. The molecule has 0 aromatic carbocycles. The maximum absolute atomic E-state index is 11.6. The highest BCUT2D eigenvalue weighted by atomic mass is 32.2. The standard InChI is InChI=1S/C14H28N2O2S/c1-11(13-6-7-13)14(15-2)9-12-5-4-8-16(10-12)19(3,17)18/h11-15H,4-10H2,1-3H3. The van der Waals surface area contributed by atoms with E-state index in [0.29, 0.717) is 25.0 Å². The van der Waals surface area contributed by atoms with E-state index in [1.54, 1.807) is 4.31 Å². The molecule has 112 valence electrons. The zero-order valence-electron chi connectivity index (χ0n) is 12.4. The third-order valence-corrected chi connectivity index (χ3v) is 6.18. The summed E-state index contributed by atoms with van der Waals surface area (Å²) in [6.07, 6.45) is 7.37. The lowest BCUT2D eigenvalue weighted by atomic mass is 9.85. The average Bonchev–Trinajstić information content (AvgIpc) is 3.18. The Morgan fingerprint density at radius 3 is 2.53 bits per heavy atom. The fraction of sp³-hybridized carbons (Fsp3) is 1.00. The minimum atomic E-state index is -3.01. The zero-order chi connectivity index (χ0) is 14.0. The molecule has 19 heavy (non-hydrogen) atoms. The smallest absolute Gasteiger partial charge is 0.211 e. The van der Waals surface area contributed by atoms with Crippen molar-refractivity contribution in [1.82, 2.24) is 9.62 Å². The Balaban J connectivity index is 1.90. The van der Waals surface area contributed by atoms with Gasteiger partial charge in [0.1, 0.15) is 0 Å². The van der Waals surface area contributed by atoms with Crippen LogP contribution in [0.15, 0.2) is 0 Å². The van der Waals surface area contributed by atoms with Gasteiger partial charge in [-0.25, -0.2) is 12.7 Å². The fourth-order valence-corrected chi connectivity index (χ4v) is 4.37. The van der Waals surface area contributed by atoms with Crippen molar-refractivity contribution in [2.24, 2.45) is 17.8 Å². The van der Waals surface area contributed by atoms with Gasteiger partial charge in [-0.1, -0.05) is 6.92 Å². The van der Waals surface area contributed by atoms with Crippen LogP contribution >= 0.6 is 0 Å². The van der Waals surface area contributed by atoms with Crippen LogP contribution in [0.25, 0.3) is 0 Å². The van der Waals surface area contributed by atoms with Crippen LogP contribution < -0.4 is 5.32 Å². The predicted molar refractivity (Wildman–Crippen MR) is 78.5 cm³/mol. The normalized spacial score (nSPS) is 29.1. The van der Waals surface area contributed by atoms with Crippen molar-refractivity contribution in [3.63, 3.8) is 0 Å². The molecule has 1 aliphatic carbocycles. The van der Waals surface area contributed by atoms with Crippen molar-refractivity contribution in [3.8, 4) is 0 Å². The molecule has 3 unspecified atom stereocenters. The number of nitrogens with one attached hydrogen (secondary N) is 1. The summed E-state index contributed by atoms with van der Waals surface area (Å²) in [5, 5.41) is 3.46. The predicted octanol–water partition coefficient (Wildman–Crippen LogP) is 1.68. The zero-order valence-corrected chi connectivity index (χ0v) is 13.2. The first kappa shape index (κ1) is 15.3. The van der Waals surface area contributed by atoms with E-state index in [1.807, 2.05) is 7.05 Å². The lowest BCUT2D eigenvalue weighted by molar-refractivity contribution is 0.215. The molecule has 4 nitrogen and oxygen atoms in total. The van der Waals surface area contributed by atoms with Gasteiger partial charge in [0.2, 0.25) is 10.0 Å². The van der Waals surface area contributed by atoms with E-state index in [4.69, 9.17) is 0 Å². The van der Waals surface area contributed by atoms with E-state index in [-0.39, 0.29) is 0 Å². The monoisotopic (exact) mass is 288 g/mol. The molecule has 1 heterocycles. The molecule has 2 aliphatic rings. The Morgan fingerprint density at radius 2 is 2.00 bits per heavy atom. The van der Waals surface area contributed by atoms with Crippen molar-refractivity contribution >= 4 is 10.0 Å². The Labute approximate surface area is 118 Å². The number of piperidine rings is 1. The molecule has 0 amide bonds. The highest BCUT2D eigenvalue weighted by Gasteiger charge is 2.35. The summed E-state index contributed by atoms with van der Waals surface area (Å²) in [5.41, 5.74) is 0. The van der Waals surface area contributed by atoms with Crippen molar-refractivity contribution in [2.45, 2.75) is 45.1 Å². The number of sulfonamides is 1. The number of nitrogens with zero attached hydrogens (tertiary/aromatic N) is 1. The van der Waals surface area contributed by atoms with Crippen molar-refractivity contribution in [2.75, 3.05) is 26.4 Å². The molecule has 3 atom stereocenters. The summed E-state index contributed by atoms with van der Waals surface area (Å²) in [6, 6.07) is 0.539. The van der Waals surface area contributed by atoms with Gasteiger partial charge >= 0.3 is 0 Å². The van der Waals surface area contributed by atoms with Crippen molar-refractivity contribution in [3.05, 3.63) is 0 Å². The van der Waals surface area contributed by atoms with E-state index < -0.39 is 10.0 Å². The summed E-state index contributed by atoms with van der Waals surface area (Å²) >= 11 is 0. The van der Waals surface area contributed by atoms with Crippen molar-refractivity contribution < 1.29 is 8.42 Å². The molecule has 0 radical (unpaired) electrons. The maximum Gasteiger partial charge on any atom is 0.211 e. The first-order chi connectivity index (χ1) is 8.91. The minimum absolute atomic E-state index is 0.516. The second-order valence-electron chi connectivity index (χ2n) is 6.46. The molecule has 1 N–H and O–H groups in total. The second kappa shape index (κ2) is 6.10. The summed E-state index contributed by atoms with van der Waals surface area (Å²) in [5.74, 6) is 2.13. The van der Waals surface area contributed by atoms with Crippen LogP contribution in [-0.4, -0.2) is 45.2 Å². The molecule has 2 rings (SSSR count). The van der Waals surface area contributed by atoms with Crippen LogP contribution in [0.3, 0.4) is 0 Å². The number of hydrogen-bond donors (Lipinski definition) is 1. The van der Waals surface area contributed by atoms with Crippen LogP contribution in [0.1, 0.15) is 39.0 Å². The van der Waals surface area contributed by atoms with Crippen LogP contribution in [-0.2, 0) is 10.0 Å². The van der Waals surface area contributed by atoms with E-state index in [0.717, 1.165) is 24.7 Å². The van der Waals surface area contributed by atoms with Gasteiger partial charge in [0, 0.05) is 19.1 Å².